The summed E-state index contributed by atoms with van der Waals surface area (Å²) in [6, 6.07) is 2.30. The molecule has 0 aromatic carbocycles. The van der Waals surface area contributed by atoms with Gasteiger partial charge in [-0.3, -0.25) is 0 Å². The first-order valence-electron chi connectivity index (χ1n) is 12.3. The molecule has 2 fully saturated rings. The fraction of sp³-hybridized carbons (Fsp3) is 0.625. The van der Waals surface area contributed by atoms with Crippen LogP contribution in [0.1, 0.15) is 98.6 Å². The third kappa shape index (κ3) is 5.33. The molecule has 2 aliphatic carbocycles. The molecule has 3 heterocycles. The van der Waals surface area contributed by atoms with Crippen LogP contribution in [-0.2, 0) is 19.8 Å². The summed E-state index contributed by atoms with van der Waals surface area (Å²) in [7, 11) is 1.87. The van der Waals surface area contributed by atoms with Crippen molar-refractivity contribution in [3.8, 4) is 5.88 Å². The van der Waals surface area contributed by atoms with E-state index in [1.807, 2.05) is 11.6 Å². The highest BCUT2D eigenvalue weighted by molar-refractivity contribution is 5.23. The number of aromatic nitrogens is 7. The maximum atomic E-state index is 12.9. The Morgan fingerprint density at radius 3 is 2.46 bits per heavy atom. The van der Waals surface area contributed by atoms with Crippen LogP contribution in [0.2, 0.25) is 0 Å². The molecule has 0 aliphatic heterocycles. The average Bonchev–Trinajstić information content (AvgIpc) is 3.50. The van der Waals surface area contributed by atoms with Crippen molar-refractivity contribution in [1.82, 2.24) is 34.7 Å². The van der Waals surface area contributed by atoms with Crippen molar-refractivity contribution in [2.24, 2.45) is 7.05 Å². The van der Waals surface area contributed by atoms with Gasteiger partial charge in [0.2, 0.25) is 5.88 Å². The van der Waals surface area contributed by atoms with Gasteiger partial charge in [-0.1, -0.05) is 24.5 Å². The Balaban J connectivity index is 1.17. The summed E-state index contributed by atoms with van der Waals surface area (Å²) in [6.07, 6.45) is 9.02. The quantitative estimate of drug-likeness (QED) is 0.464. The van der Waals surface area contributed by atoms with Crippen LogP contribution in [0.4, 0.5) is 13.2 Å². The fourth-order valence-electron chi connectivity index (χ4n) is 5.31. The minimum Gasteiger partial charge on any atom is -0.469 e. The van der Waals surface area contributed by atoms with Crippen LogP contribution in [0.15, 0.2) is 24.5 Å². The molecule has 0 unspecified atom stereocenters. The maximum absolute atomic E-state index is 12.9. The largest absolute Gasteiger partial charge is 0.469 e. The normalized spacial score (nSPS) is 21.8. The van der Waals surface area contributed by atoms with Crippen molar-refractivity contribution < 1.29 is 17.9 Å². The van der Waals surface area contributed by atoms with Crippen LogP contribution >= 0.6 is 0 Å². The molecule has 0 bridgehead atoms. The molecule has 188 valence electrons. The molecule has 0 atom stereocenters. The van der Waals surface area contributed by atoms with Gasteiger partial charge < -0.3 is 9.30 Å². The first-order chi connectivity index (χ1) is 16.9. The zero-order valence-corrected chi connectivity index (χ0v) is 19.8. The molecule has 35 heavy (non-hydrogen) atoms. The molecule has 0 N–H and O–H groups in total. The zero-order valence-electron chi connectivity index (χ0n) is 19.8. The standard InChI is InChI=1S/C24H30F3N7O/c1-33-21(15-35-22-13-18(11-12-28-22)24(25,26)27)30-31-23(33)17-9-7-16(8-10-17)20-14-34(32-29-20)19-5-3-2-4-6-19/h11-14,16-17,19H,2-10,15H2,1H3. The van der Waals surface area contributed by atoms with Gasteiger partial charge in [-0.2, -0.15) is 13.2 Å². The maximum Gasteiger partial charge on any atom is 0.416 e. The third-order valence-electron chi connectivity index (χ3n) is 7.40. The molecule has 3 aromatic heterocycles. The van der Waals surface area contributed by atoms with Crippen LogP contribution in [0.25, 0.3) is 0 Å². The summed E-state index contributed by atoms with van der Waals surface area (Å²) < 4.78 is 48.2. The Labute approximate surface area is 201 Å². The number of hydrogen-bond acceptors (Lipinski definition) is 6. The summed E-state index contributed by atoms with van der Waals surface area (Å²) in [6.45, 7) is -0.00255. The van der Waals surface area contributed by atoms with Crippen molar-refractivity contribution >= 4 is 0 Å². The van der Waals surface area contributed by atoms with Crippen molar-refractivity contribution in [2.45, 2.75) is 88.4 Å². The summed E-state index contributed by atoms with van der Waals surface area (Å²) in [5.74, 6) is 2.03. The van der Waals surface area contributed by atoms with Gasteiger partial charge in [0.25, 0.3) is 0 Å². The van der Waals surface area contributed by atoms with E-state index in [9.17, 15) is 13.2 Å². The van der Waals surface area contributed by atoms with Gasteiger partial charge in [-0.05, 0) is 44.6 Å². The lowest BCUT2D eigenvalue weighted by Crippen LogP contribution is -2.16. The second kappa shape index (κ2) is 9.94. The van der Waals surface area contributed by atoms with Crippen LogP contribution in [0.3, 0.4) is 0 Å². The van der Waals surface area contributed by atoms with E-state index in [1.54, 1.807) is 0 Å². The molecule has 0 saturated heterocycles. The lowest BCUT2D eigenvalue weighted by molar-refractivity contribution is -0.137. The van der Waals surface area contributed by atoms with E-state index in [1.165, 1.54) is 32.1 Å². The molecule has 0 spiro atoms. The van der Waals surface area contributed by atoms with Gasteiger partial charge in [-0.15, -0.1) is 15.3 Å². The lowest BCUT2D eigenvalue weighted by Gasteiger charge is -2.26. The topological polar surface area (TPSA) is 83.5 Å². The Kier molecular flexibility index (Phi) is 6.75. The Hall–Kier alpha value is -2.98. The SMILES string of the molecule is Cn1c(COc2cc(C(F)(F)F)ccn2)nnc1C1CCC(c2cn(C3CCCCC3)nn2)CC1. The highest BCUT2D eigenvalue weighted by Crippen LogP contribution is 2.40. The first kappa shape index (κ1) is 23.7. The summed E-state index contributed by atoms with van der Waals surface area (Å²) in [5, 5.41) is 17.5. The molecular formula is C24H30F3N7O. The van der Waals surface area contributed by atoms with E-state index in [2.05, 4.69) is 36.4 Å². The average molecular weight is 490 g/mol. The highest BCUT2D eigenvalue weighted by Gasteiger charge is 2.31. The number of nitrogens with zero attached hydrogens (tertiary/aromatic N) is 7. The Morgan fingerprint density at radius 1 is 0.971 bits per heavy atom. The number of ether oxygens (including phenoxy) is 1. The van der Waals surface area contributed by atoms with Gasteiger partial charge in [0.15, 0.2) is 5.82 Å². The molecular weight excluding hydrogens is 459 g/mol. The zero-order chi connectivity index (χ0) is 24.4. The predicted molar refractivity (Wildman–Crippen MR) is 121 cm³/mol. The van der Waals surface area contributed by atoms with E-state index in [0.29, 0.717) is 17.8 Å². The van der Waals surface area contributed by atoms with Crippen LogP contribution < -0.4 is 4.74 Å². The van der Waals surface area contributed by atoms with E-state index < -0.39 is 11.7 Å². The van der Waals surface area contributed by atoms with Crippen molar-refractivity contribution in [3.63, 3.8) is 0 Å². The predicted octanol–water partition coefficient (Wildman–Crippen LogP) is 5.35. The van der Waals surface area contributed by atoms with E-state index in [-0.39, 0.29) is 18.4 Å². The number of alkyl halides is 3. The van der Waals surface area contributed by atoms with Crippen molar-refractivity contribution in [1.29, 1.82) is 0 Å². The Morgan fingerprint density at radius 2 is 1.71 bits per heavy atom. The molecule has 0 amide bonds. The van der Waals surface area contributed by atoms with Crippen molar-refractivity contribution in [3.05, 3.63) is 47.4 Å². The second-order valence-electron chi connectivity index (χ2n) is 9.67. The molecule has 2 aliphatic rings. The molecule has 5 rings (SSSR count). The van der Waals surface area contributed by atoms with Gasteiger partial charge in [0.05, 0.1) is 17.3 Å². The number of halogens is 3. The van der Waals surface area contributed by atoms with E-state index >= 15 is 0 Å². The van der Waals surface area contributed by atoms with Crippen LogP contribution in [0.5, 0.6) is 5.88 Å². The number of rotatable bonds is 6. The monoisotopic (exact) mass is 489 g/mol. The molecule has 0 radical (unpaired) electrons. The van der Waals surface area contributed by atoms with Gasteiger partial charge in [0, 0.05) is 37.3 Å². The van der Waals surface area contributed by atoms with E-state index in [0.717, 1.165) is 55.5 Å². The second-order valence-corrected chi connectivity index (χ2v) is 9.67. The summed E-state index contributed by atoms with van der Waals surface area (Å²) in [5.41, 5.74) is 0.298. The molecule has 11 heteroatoms. The molecule has 3 aromatic rings. The highest BCUT2D eigenvalue weighted by atomic mass is 19.4. The minimum absolute atomic E-state index is 0.00255. The summed E-state index contributed by atoms with van der Waals surface area (Å²) in [4.78, 5) is 3.87. The van der Waals surface area contributed by atoms with Gasteiger partial charge >= 0.3 is 6.18 Å². The fourth-order valence-corrected chi connectivity index (χ4v) is 5.31. The first-order valence-corrected chi connectivity index (χ1v) is 12.3. The van der Waals surface area contributed by atoms with Crippen LogP contribution in [-0.4, -0.2) is 34.7 Å². The van der Waals surface area contributed by atoms with E-state index in [4.69, 9.17) is 4.74 Å². The minimum atomic E-state index is -4.44. The van der Waals surface area contributed by atoms with Gasteiger partial charge in [0.1, 0.15) is 12.4 Å². The lowest BCUT2D eigenvalue weighted by atomic mass is 9.80. The van der Waals surface area contributed by atoms with Crippen LogP contribution in [0, 0.1) is 0 Å². The summed E-state index contributed by atoms with van der Waals surface area (Å²) >= 11 is 0. The smallest absolute Gasteiger partial charge is 0.416 e. The Bertz CT molecular complexity index is 1130. The van der Waals surface area contributed by atoms with Crippen molar-refractivity contribution in [2.75, 3.05) is 0 Å². The number of pyridine rings is 1. The third-order valence-corrected chi connectivity index (χ3v) is 7.40. The number of hydrogen-bond donors (Lipinski definition) is 0. The molecule has 2 saturated carbocycles. The molecule has 8 nitrogen and oxygen atoms in total. The van der Waals surface area contributed by atoms with Gasteiger partial charge in [-0.25, -0.2) is 9.67 Å².